The molecule has 58 heavy (non-hydrogen) atoms. The van der Waals surface area contributed by atoms with E-state index in [0.29, 0.717) is 65.1 Å². The summed E-state index contributed by atoms with van der Waals surface area (Å²) in [6, 6.07) is -1.01. The van der Waals surface area contributed by atoms with Crippen molar-refractivity contribution in [2.24, 2.45) is 5.92 Å². The number of aldehydes is 1. The van der Waals surface area contributed by atoms with Gasteiger partial charge in [0.05, 0.1) is 46.1 Å². The van der Waals surface area contributed by atoms with Gasteiger partial charge >= 0.3 is 11.9 Å². The van der Waals surface area contributed by atoms with Gasteiger partial charge < -0.3 is 54.8 Å². The van der Waals surface area contributed by atoms with Crippen molar-refractivity contribution < 1.29 is 57.9 Å². The molecular formula is C42H76N4O12. The van der Waals surface area contributed by atoms with Crippen molar-refractivity contribution in [3.63, 3.8) is 0 Å². The topological polar surface area (TPSA) is 219 Å². The number of ether oxygens (including phenoxy) is 4. The summed E-state index contributed by atoms with van der Waals surface area (Å²) in [4.78, 5) is 71.3. The van der Waals surface area contributed by atoms with Gasteiger partial charge in [0.2, 0.25) is 17.7 Å². The van der Waals surface area contributed by atoms with Crippen LogP contribution in [-0.4, -0.2) is 143 Å². The average Bonchev–Trinajstić information content (AvgIpc) is 3.20. The molecule has 16 heteroatoms. The Morgan fingerprint density at radius 1 is 0.603 bits per heavy atom. The summed E-state index contributed by atoms with van der Waals surface area (Å²) in [6.07, 6.45) is 21.9. The maximum Gasteiger partial charge on any atom is 0.321 e. The van der Waals surface area contributed by atoms with E-state index in [9.17, 15) is 33.9 Å². The molecule has 0 bridgehead atoms. The Labute approximate surface area is 346 Å². The number of hydrogen-bond acceptors (Lipinski definition) is 11. The number of carbonyl (C=O) groups excluding carboxylic acids is 4. The van der Waals surface area contributed by atoms with Gasteiger partial charge in [-0.2, -0.15) is 0 Å². The van der Waals surface area contributed by atoms with Crippen LogP contribution in [0.3, 0.4) is 0 Å². The molecule has 1 rings (SSSR count). The minimum Gasteiger partial charge on any atom is -0.481 e. The van der Waals surface area contributed by atoms with Gasteiger partial charge in [0.1, 0.15) is 25.5 Å². The number of unbranched alkanes of at least 4 members (excludes halogenated alkanes) is 15. The van der Waals surface area contributed by atoms with Crippen molar-refractivity contribution in [2.75, 3.05) is 85.6 Å². The molecule has 0 aromatic heterocycles. The van der Waals surface area contributed by atoms with Gasteiger partial charge in [0, 0.05) is 39.0 Å². The lowest BCUT2D eigenvalue weighted by atomic mass is 9.95. The zero-order valence-corrected chi connectivity index (χ0v) is 35.2. The summed E-state index contributed by atoms with van der Waals surface area (Å²) < 4.78 is 20.9. The summed E-state index contributed by atoms with van der Waals surface area (Å²) >= 11 is 0. The van der Waals surface area contributed by atoms with Crippen LogP contribution in [0, 0.1) is 5.92 Å². The lowest BCUT2D eigenvalue weighted by Gasteiger charge is -2.32. The maximum atomic E-state index is 12.8. The SMILES string of the molecule is O=CCOCCOCCNC(=O)COCCOCCNC(=O)C[C@@H](NCC1CCN(C(=O)CCCCCCCCCCCCCCCCCCC(=O)O)CC1)C(=O)O. The number of aliphatic carboxylic acids is 2. The molecule has 0 aromatic rings. The van der Waals surface area contributed by atoms with Crippen LogP contribution in [0.1, 0.15) is 135 Å². The number of rotatable bonds is 41. The summed E-state index contributed by atoms with van der Waals surface area (Å²) in [7, 11) is 0. The average molecular weight is 829 g/mol. The van der Waals surface area contributed by atoms with E-state index in [-0.39, 0.29) is 63.7 Å². The van der Waals surface area contributed by atoms with E-state index in [0.717, 1.165) is 44.9 Å². The highest BCUT2D eigenvalue weighted by molar-refractivity contribution is 5.84. The van der Waals surface area contributed by atoms with Gasteiger partial charge in [0.15, 0.2) is 0 Å². The standard InChI is InChI=1S/C42H76N4O12/c47-25-28-57-30-29-55-27-22-44-39(49)35-58-32-31-56-26-21-43-38(48)33-37(42(53)54)45-34-36-19-23-46(24-20-36)40(50)17-15-13-11-9-7-5-3-1-2-4-6-8-10-12-14-16-18-41(51)52/h25,36-37,45H,1-24,26-35H2,(H,43,48)(H,44,49)(H,51,52)(H,53,54)/t37-/m1/s1. The molecule has 1 saturated heterocycles. The number of likely N-dealkylation sites (tertiary alicyclic amines) is 1. The fourth-order valence-electron chi connectivity index (χ4n) is 6.70. The molecule has 1 aliphatic heterocycles. The lowest BCUT2D eigenvalue weighted by molar-refractivity contribution is -0.141. The summed E-state index contributed by atoms with van der Waals surface area (Å²) in [6.45, 7) is 3.82. The van der Waals surface area contributed by atoms with Gasteiger partial charge in [-0.15, -0.1) is 0 Å². The molecule has 16 nitrogen and oxygen atoms in total. The first kappa shape index (κ1) is 52.8. The maximum absolute atomic E-state index is 12.8. The fourth-order valence-corrected chi connectivity index (χ4v) is 6.70. The number of nitrogens with zero attached hydrogens (tertiary/aromatic N) is 1. The molecule has 0 spiro atoms. The molecule has 0 saturated carbocycles. The quantitative estimate of drug-likeness (QED) is 0.0430. The van der Waals surface area contributed by atoms with Gasteiger partial charge in [0.25, 0.3) is 0 Å². The van der Waals surface area contributed by atoms with Gasteiger partial charge in [-0.3, -0.25) is 24.0 Å². The van der Waals surface area contributed by atoms with Gasteiger partial charge in [-0.1, -0.05) is 89.9 Å². The number of piperidine rings is 1. The molecule has 0 unspecified atom stereocenters. The molecule has 1 fully saturated rings. The van der Waals surface area contributed by atoms with E-state index in [1.165, 1.54) is 70.6 Å². The zero-order valence-electron chi connectivity index (χ0n) is 35.2. The Kier molecular flexibility index (Phi) is 34.7. The van der Waals surface area contributed by atoms with Crippen LogP contribution in [0.15, 0.2) is 0 Å². The Bertz CT molecular complexity index is 1090. The van der Waals surface area contributed by atoms with Gasteiger partial charge in [-0.25, -0.2) is 0 Å². The highest BCUT2D eigenvalue weighted by Crippen LogP contribution is 2.19. The normalized spacial score (nSPS) is 13.6. The first-order valence-corrected chi connectivity index (χ1v) is 22.0. The Hall–Kier alpha value is -3.18. The molecule has 3 amide bonds. The number of hydrogen-bond donors (Lipinski definition) is 5. The predicted octanol–water partition coefficient (Wildman–Crippen LogP) is 4.26. The number of carboxylic acids is 2. The third-order valence-corrected chi connectivity index (χ3v) is 10.1. The third-order valence-electron chi connectivity index (χ3n) is 10.1. The van der Waals surface area contributed by atoms with Crippen LogP contribution in [0.5, 0.6) is 0 Å². The molecule has 5 N–H and O–H groups in total. The monoisotopic (exact) mass is 829 g/mol. The first-order chi connectivity index (χ1) is 28.2. The molecule has 0 radical (unpaired) electrons. The van der Waals surface area contributed by atoms with E-state index in [1.54, 1.807) is 0 Å². The van der Waals surface area contributed by atoms with E-state index < -0.39 is 23.9 Å². The van der Waals surface area contributed by atoms with Crippen molar-refractivity contribution in [2.45, 2.75) is 141 Å². The first-order valence-electron chi connectivity index (χ1n) is 22.0. The number of carboxylic acid groups (broad SMARTS) is 2. The van der Waals surface area contributed by atoms with Crippen molar-refractivity contribution in [1.82, 2.24) is 20.9 Å². The summed E-state index contributed by atoms with van der Waals surface area (Å²) in [5.74, 6) is -2.02. The Balaban J connectivity index is 1.97. The smallest absolute Gasteiger partial charge is 0.321 e. The molecule has 336 valence electrons. The summed E-state index contributed by atoms with van der Waals surface area (Å²) in [5, 5.41) is 26.7. The Morgan fingerprint density at radius 2 is 1.07 bits per heavy atom. The molecule has 1 atom stereocenters. The largest absolute Gasteiger partial charge is 0.481 e. The highest BCUT2D eigenvalue weighted by Gasteiger charge is 2.26. The Morgan fingerprint density at radius 3 is 1.57 bits per heavy atom. The third kappa shape index (κ3) is 32.7. The number of carbonyl (C=O) groups is 6. The minimum absolute atomic E-state index is 0.0301. The molecular weight excluding hydrogens is 752 g/mol. The lowest BCUT2D eigenvalue weighted by Crippen LogP contribution is -2.46. The van der Waals surface area contributed by atoms with Crippen LogP contribution >= 0.6 is 0 Å². The second kappa shape index (κ2) is 38.0. The van der Waals surface area contributed by atoms with Crippen LogP contribution in [0.25, 0.3) is 0 Å². The second-order valence-electron chi connectivity index (χ2n) is 15.1. The molecule has 1 aliphatic rings. The molecule has 0 aromatic carbocycles. The van der Waals surface area contributed by atoms with E-state index >= 15 is 0 Å². The summed E-state index contributed by atoms with van der Waals surface area (Å²) in [5.41, 5.74) is 0. The van der Waals surface area contributed by atoms with Crippen LogP contribution in [0.2, 0.25) is 0 Å². The second-order valence-corrected chi connectivity index (χ2v) is 15.1. The van der Waals surface area contributed by atoms with Crippen LogP contribution < -0.4 is 16.0 Å². The van der Waals surface area contributed by atoms with Crippen molar-refractivity contribution in [3.8, 4) is 0 Å². The highest BCUT2D eigenvalue weighted by atomic mass is 16.5. The van der Waals surface area contributed by atoms with Crippen molar-refractivity contribution in [1.29, 1.82) is 0 Å². The number of amides is 3. The fraction of sp³-hybridized carbons (Fsp3) is 0.857. The zero-order chi connectivity index (χ0) is 42.3. The molecule has 0 aliphatic carbocycles. The van der Waals surface area contributed by atoms with E-state index in [2.05, 4.69) is 16.0 Å². The van der Waals surface area contributed by atoms with Crippen LogP contribution in [-0.2, 0) is 47.7 Å². The van der Waals surface area contributed by atoms with Crippen LogP contribution in [0.4, 0.5) is 0 Å². The van der Waals surface area contributed by atoms with E-state index in [1.807, 2.05) is 4.90 Å². The molecule has 1 heterocycles. The van der Waals surface area contributed by atoms with E-state index in [4.69, 9.17) is 24.1 Å². The van der Waals surface area contributed by atoms with Crippen molar-refractivity contribution in [3.05, 3.63) is 0 Å². The predicted molar refractivity (Wildman–Crippen MR) is 219 cm³/mol. The number of nitrogens with one attached hydrogen (secondary N) is 3. The minimum atomic E-state index is -1.09. The van der Waals surface area contributed by atoms with Crippen molar-refractivity contribution >= 4 is 35.9 Å². The van der Waals surface area contributed by atoms with Gasteiger partial charge in [-0.05, 0) is 38.1 Å².